The van der Waals surface area contributed by atoms with E-state index in [9.17, 15) is 0 Å². The fourth-order valence-corrected chi connectivity index (χ4v) is 2.73. The van der Waals surface area contributed by atoms with Crippen LogP contribution in [0.2, 0.25) is 5.02 Å². The van der Waals surface area contributed by atoms with Crippen LogP contribution in [0.4, 0.5) is 5.69 Å². The Labute approximate surface area is 117 Å². The number of hydrogen-bond donors (Lipinski definition) is 1. The zero-order chi connectivity index (χ0) is 13.1. The van der Waals surface area contributed by atoms with E-state index in [2.05, 4.69) is 17.2 Å². The van der Waals surface area contributed by atoms with Gasteiger partial charge >= 0.3 is 0 Å². The van der Waals surface area contributed by atoms with Crippen molar-refractivity contribution >= 4 is 34.2 Å². The highest BCUT2D eigenvalue weighted by molar-refractivity contribution is 8.14. The predicted octanol–water partition coefficient (Wildman–Crippen LogP) is 3.81. The van der Waals surface area contributed by atoms with Gasteiger partial charge in [-0.2, -0.15) is 0 Å². The number of nitrogens with one attached hydrogen (secondary N) is 1. The van der Waals surface area contributed by atoms with Crippen molar-refractivity contribution in [2.45, 2.75) is 13.8 Å². The number of aliphatic imine (C=N–C) groups is 1. The second kappa shape index (κ2) is 5.85. The van der Waals surface area contributed by atoms with E-state index in [1.165, 1.54) is 0 Å². The molecule has 2 rings (SSSR count). The van der Waals surface area contributed by atoms with Crippen LogP contribution < -0.4 is 10.1 Å². The van der Waals surface area contributed by atoms with E-state index in [4.69, 9.17) is 16.3 Å². The number of rotatable bonds is 2. The molecule has 0 bridgehead atoms. The maximum absolute atomic E-state index is 6.08. The van der Waals surface area contributed by atoms with Crippen LogP contribution in [0.3, 0.4) is 0 Å². The van der Waals surface area contributed by atoms with E-state index >= 15 is 0 Å². The van der Waals surface area contributed by atoms with Crippen molar-refractivity contribution in [2.24, 2.45) is 10.9 Å². The average molecular weight is 285 g/mol. The van der Waals surface area contributed by atoms with Gasteiger partial charge in [0.05, 0.1) is 12.8 Å². The SMILES string of the molecule is COc1cc(Cl)c(C)cc1NC1=NCC(C)CS1. The summed E-state index contributed by atoms with van der Waals surface area (Å²) in [5.74, 6) is 2.49. The summed E-state index contributed by atoms with van der Waals surface area (Å²) in [4.78, 5) is 4.51. The van der Waals surface area contributed by atoms with Crippen molar-refractivity contribution in [1.82, 2.24) is 0 Å². The molecule has 0 aliphatic carbocycles. The Kier molecular flexibility index (Phi) is 4.40. The monoisotopic (exact) mass is 284 g/mol. The summed E-state index contributed by atoms with van der Waals surface area (Å²) in [6.07, 6.45) is 0. The molecule has 1 atom stereocenters. The van der Waals surface area contributed by atoms with Crippen LogP contribution in [0.15, 0.2) is 17.1 Å². The third-order valence-electron chi connectivity index (χ3n) is 2.77. The smallest absolute Gasteiger partial charge is 0.161 e. The summed E-state index contributed by atoms with van der Waals surface area (Å²) in [5, 5.41) is 4.98. The van der Waals surface area contributed by atoms with Gasteiger partial charge in [0, 0.05) is 23.4 Å². The Balaban J connectivity index is 2.20. The molecule has 3 nitrogen and oxygen atoms in total. The third-order valence-corrected chi connectivity index (χ3v) is 4.42. The largest absolute Gasteiger partial charge is 0.495 e. The molecule has 1 aliphatic heterocycles. The summed E-state index contributed by atoms with van der Waals surface area (Å²) < 4.78 is 5.33. The molecule has 1 aromatic carbocycles. The van der Waals surface area contributed by atoms with Crippen molar-refractivity contribution in [3.8, 4) is 5.75 Å². The van der Waals surface area contributed by atoms with E-state index in [0.717, 1.165) is 34.5 Å². The Morgan fingerprint density at radius 1 is 1.50 bits per heavy atom. The van der Waals surface area contributed by atoms with Gasteiger partial charge in [0.1, 0.15) is 5.75 Å². The van der Waals surface area contributed by atoms with Gasteiger partial charge in [0.25, 0.3) is 0 Å². The molecule has 0 radical (unpaired) electrons. The average Bonchev–Trinajstić information content (AvgIpc) is 2.36. The molecule has 0 saturated carbocycles. The van der Waals surface area contributed by atoms with Crippen LogP contribution in [0, 0.1) is 12.8 Å². The first-order chi connectivity index (χ1) is 8.60. The van der Waals surface area contributed by atoms with E-state index in [1.807, 2.05) is 19.1 Å². The van der Waals surface area contributed by atoms with Crippen molar-refractivity contribution in [3.05, 3.63) is 22.7 Å². The molecule has 1 aliphatic rings. The van der Waals surface area contributed by atoms with E-state index in [0.29, 0.717) is 10.9 Å². The molecule has 0 amide bonds. The van der Waals surface area contributed by atoms with Gasteiger partial charge in [-0.05, 0) is 24.5 Å². The number of halogens is 1. The Morgan fingerprint density at radius 2 is 2.28 bits per heavy atom. The van der Waals surface area contributed by atoms with Gasteiger partial charge in [-0.15, -0.1) is 0 Å². The van der Waals surface area contributed by atoms with Crippen LogP contribution in [0.5, 0.6) is 5.75 Å². The van der Waals surface area contributed by atoms with Crippen LogP contribution in [0.1, 0.15) is 12.5 Å². The number of nitrogens with zero attached hydrogens (tertiary/aromatic N) is 1. The summed E-state index contributed by atoms with van der Waals surface area (Å²) in [7, 11) is 1.64. The van der Waals surface area contributed by atoms with Crippen molar-refractivity contribution in [3.63, 3.8) is 0 Å². The molecule has 18 heavy (non-hydrogen) atoms. The number of hydrogen-bond acceptors (Lipinski definition) is 4. The van der Waals surface area contributed by atoms with E-state index < -0.39 is 0 Å². The number of ether oxygens (including phenoxy) is 1. The molecule has 1 unspecified atom stereocenters. The molecule has 5 heteroatoms. The Bertz CT molecular complexity index is 476. The maximum atomic E-state index is 6.08. The third kappa shape index (κ3) is 3.12. The number of benzene rings is 1. The predicted molar refractivity (Wildman–Crippen MR) is 80.3 cm³/mol. The Morgan fingerprint density at radius 3 is 2.89 bits per heavy atom. The fourth-order valence-electron chi connectivity index (χ4n) is 1.68. The molecule has 1 aromatic rings. The quantitative estimate of drug-likeness (QED) is 0.897. The van der Waals surface area contributed by atoms with Gasteiger partial charge in [0.2, 0.25) is 0 Å². The first-order valence-corrected chi connectivity index (χ1v) is 7.25. The lowest BCUT2D eigenvalue weighted by Gasteiger charge is -2.19. The van der Waals surface area contributed by atoms with Gasteiger partial charge in [0.15, 0.2) is 5.17 Å². The zero-order valence-electron chi connectivity index (χ0n) is 10.8. The number of aryl methyl sites for hydroxylation is 1. The first kappa shape index (κ1) is 13.6. The maximum Gasteiger partial charge on any atom is 0.161 e. The van der Waals surface area contributed by atoms with Crippen LogP contribution in [-0.2, 0) is 0 Å². The molecule has 98 valence electrons. The number of methoxy groups -OCH3 is 1. The molecule has 0 spiro atoms. The van der Waals surface area contributed by atoms with Crippen molar-refractivity contribution in [2.75, 3.05) is 24.7 Å². The highest BCUT2D eigenvalue weighted by Crippen LogP contribution is 2.32. The normalized spacial score (nSPS) is 19.3. The molecule has 1 N–H and O–H groups in total. The standard InChI is InChI=1S/C13H17ClN2OS/c1-8-6-15-13(18-7-8)16-11-4-9(2)10(14)5-12(11)17-3/h4-5,8H,6-7H2,1-3H3,(H,15,16). The highest BCUT2D eigenvalue weighted by atomic mass is 35.5. The van der Waals surface area contributed by atoms with Gasteiger partial charge < -0.3 is 10.1 Å². The second-order valence-corrected chi connectivity index (χ2v) is 5.90. The lowest BCUT2D eigenvalue weighted by atomic mass is 10.2. The Hall–Kier alpha value is -0.870. The van der Waals surface area contributed by atoms with Gasteiger partial charge in [-0.3, -0.25) is 4.99 Å². The fraction of sp³-hybridized carbons (Fsp3) is 0.462. The summed E-state index contributed by atoms with van der Waals surface area (Å²) in [6, 6.07) is 3.82. The lowest BCUT2D eigenvalue weighted by Crippen LogP contribution is -2.19. The zero-order valence-corrected chi connectivity index (χ0v) is 12.4. The molecular formula is C13H17ClN2OS. The van der Waals surface area contributed by atoms with Gasteiger partial charge in [-0.1, -0.05) is 30.3 Å². The summed E-state index contributed by atoms with van der Waals surface area (Å²) in [6.45, 7) is 5.06. The minimum absolute atomic E-state index is 0.648. The summed E-state index contributed by atoms with van der Waals surface area (Å²) >= 11 is 7.83. The van der Waals surface area contributed by atoms with Gasteiger partial charge in [-0.25, -0.2) is 0 Å². The number of thioether (sulfide) groups is 1. The van der Waals surface area contributed by atoms with Crippen molar-refractivity contribution in [1.29, 1.82) is 0 Å². The van der Waals surface area contributed by atoms with Crippen LogP contribution in [0.25, 0.3) is 0 Å². The van der Waals surface area contributed by atoms with Crippen molar-refractivity contribution < 1.29 is 4.74 Å². The number of amidine groups is 1. The molecule has 0 saturated heterocycles. The number of anilines is 1. The molecule has 1 heterocycles. The van der Waals surface area contributed by atoms with Crippen LogP contribution in [-0.4, -0.2) is 24.6 Å². The topological polar surface area (TPSA) is 33.6 Å². The lowest BCUT2D eigenvalue weighted by molar-refractivity contribution is 0.417. The molecule has 0 aromatic heterocycles. The highest BCUT2D eigenvalue weighted by Gasteiger charge is 2.14. The minimum Gasteiger partial charge on any atom is -0.495 e. The molecule has 0 fully saturated rings. The minimum atomic E-state index is 0.648. The molecular weight excluding hydrogens is 268 g/mol. The van der Waals surface area contributed by atoms with E-state index in [-0.39, 0.29) is 0 Å². The summed E-state index contributed by atoms with van der Waals surface area (Å²) in [5.41, 5.74) is 1.94. The first-order valence-electron chi connectivity index (χ1n) is 5.88. The second-order valence-electron chi connectivity index (χ2n) is 4.49. The van der Waals surface area contributed by atoms with E-state index in [1.54, 1.807) is 18.9 Å². The van der Waals surface area contributed by atoms with Crippen LogP contribution >= 0.6 is 23.4 Å².